The molecule has 0 saturated heterocycles. The number of ether oxygens (including phenoxy) is 1. The summed E-state index contributed by atoms with van der Waals surface area (Å²) in [5.41, 5.74) is 0. The summed E-state index contributed by atoms with van der Waals surface area (Å²) in [4.78, 5) is 0. The molecule has 106 valence electrons. The monoisotopic (exact) mass is 246 g/mol. The number of aliphatic hydroxyl groups excluding tert-OH is 1. The largest absolute Gasteiger partial charge is 0.393 e. The molecule has 0 bridgehead atoms. The Morgan fingerprint density at radius 1 is 0.824 bits per heavy atom. The smallest absolute Gasteiger partial charge is 0.0512 e. The maximum Gasteiger partial charge on any atom is 0.0512 e. The van der Waals surface area contributed by atoms with E-state index in [1.54, 1.807) is 0 Å². The Bertz CT molecular complexity index is 105. The first-order valence-corrected chi connectivity index (χ1v) is 7.44. The van der Waals surface area contributed by atoms with E-state index in [9.17, 15) is 0 Å². The molecule has 0 rings (SSSR count). The number of rotatable bonds is 10. The molecule has 0 heterocycles. The van der Waals surface area contributed by atoms with E-state index in [1.807, 2.05) is 6.92 Å². The molecule has 0 aromatic heterocycles. The highest BCUT2D eigenvalue weighted by atomic mass is 16.5. The van der Waals surface area contributed by atoms with Crippen LogP contribution in [-0.2, 0) is 4.74 Å². The van der Waals surface area contributed by atoms with Gasteiger partial charge in [0.2, 0.25) is 0 Å². The predicted octanol–water partition coefficient (Wildman–Crippen LogP) is 4.55. The molecule has 0 aliphatic carbocycles. The number of unbranched alkanes of at least 4 members (excludes halogenated alkanes) is 4. The van der Waals surface area contributed by atoms with Crippen molar-refractivity contribution in [3.63, 3.8) is 0 Å². The van der Waals surface area contributed by atoms with Gasteiger partial charge in [-0.15, -0.1) is 0 Å². The summed E-state index contributed by atoms with van der Waals surface area (Å²) in [6.07, 6.45) is 9.59. The van der Waals surface area contributed by atoms with E-state index in [-0.39, 0.29) is 6.10 Å². The molecule has 1 N–H and O–H groups in total. The highest BCUT2D eigenvalue weighted by molar-refractivity contribution is 4.40. The van der Waals surface area contributed by atoms with Crippen molar-refractivity contribution in [2.45, 2.75) is 85.2 Å². The Morgan fingerprint density at radius 2 is 1.29 bits per heavy atom. The third-order valence-corrected chi connectivity index (χ3v) is 2.49. The quantitative estimate of drug-likeness (QED) is 0.573. The topological polar surface area (TPSA) is 29.5 Å². The van der Waals surface area contributed by atoms with Gasteiger partial charge in [0, 0.05) is 13.2 Å². The SMILES string of the molecule is CCCC(C)O.CCCCCOCCCCC. The van der Waals surface area contributed by atoms with Crippen LogP contribution in [0, 0.1) is 0 Å². The molecule has 1 unspecified atom stereocenters. The lowest BCUT2D eigenvalue weighted by Crippen LogP contribution is -1.96. The van der Waals surface area contributed by atoms with Crippen LogP contribution in [0.1, 0.15) is 79.1 Å². The summed E-state index contributed by atoms with van der Waals surface area (Å²) in [6.45, 7) is 10.2. The minimum absolute atomic E-state index is 0.102. The average Bonchev–Trinajstić information content (AvgIpc) is 2.29. The maximum absolute atomic E-state index is 8.55. The van der Waals surface area contributed by atoms with Crippen molar-refractivity contribution in [1.29, 1.82) is 0 Å². The number of hydrogen-bond acceptors (Lipinski definition) is 2. The van der Waals surface area contributed by atoms with Gasteiger partial charge in [0.15, 0.2) is 0 Å². The summed E-state index contributed by atoms with van der Waals surface area (Å²) in [5.74, 6) is 0. The molecule has 1 atom stereocenters. The van der Waals surface area contributed by atoms with Gasteiger partial charge in [-0.2, -0.15) is 0 Å². The second-order valence-corrected chi connectivity index (χ2v) is 4.66. The fourth-order valence-corrected chi connectivity index (χ4v) is 1.43. The summed E-state index contributed by atoms with van der Waals surface area (Å²) >= 11 is 0. The van der Waals surface area contributed by atoms with Gasteiger partial charge in [0.05, 0.1) is 6.10 Å². The second-order valence-electron chi connectivity index (χ2n) is 4.66. The van der Waals surface area contributed by atoms with Gasteiger partial charge in [-0.1, -0.05) is 52.9 Å². The van der Waals surface area contributed by atoms with Crippen molar-refractivity contribution in [3.8, 4) is 0 Å². The summed E-state index contributed by atoms with van der Waals surface area (Å²) in [7, 11) is 0. The van der Waals surface area contributed by atoms with E-state index in [0.29, 0.717) is 0 Å². The van der Waals surface area contributed by atoms with Gasteiger partial charge in [-0.25, -0.2) is 0 Å². The summed E-state index contributed by atoms with van der Waals surface area (Å²) in [6, 6.07) is 0. The highest BCUT2D eigenvalue weighted by Crippen LogP contribution is 1.97. The minimum Gasteiger partial charge on any atom is -0.393 e. The van der Waals surface area contributed by atoms with Crippen LogP contribution in [0.15, 0.2) is 0 Å². The van der Waals surface area contributed by atoms with Crippen molar-refractivity contribution >= 4 is 0 Å². The predicted molar refractivity (Wildman–Crippen MR) is 76.5 cm³/mol. The molecule has 0 spiro atoms. The van der Waals surface area contributed by atoms with Crippen LogP contribution < -0.4 is 0 Å². The van der Waals surface area contributed by atoms with E-state index >= 15 is 0 Å². The maximum atomic E-state index is 8.55. The fraction of sp³-hybridized carbons (Fsp3) is 1.00. The van der Waals surface area contributed by atoms with Crippen LogP contribution in [-0.4, -0.2) is 24.4 Å². The van der Waals surface area contributed by atoms with Crippen molar-refractivity contribution in [3.05, 3.63) is 0 Å². The number of hydrogen-bond donors (Lipinski definition) is 1. The van der Waals surface area contributed by atoms with Gasteiger partial charge in [0.1, 0.15) is 0 Å². The van der Waals surface area contributed by atoms with Crippen molar-refractivity contribution < 1.29 is 9.84 Å². The molecule has 0 aliphatic heterocycles. The zero-order chi connectivity index (χ0) is 13.4. The molecule has 0 amide bonds. The van der Waals surface area contributed by atoms with Gasteiger partial charge < -0.3 is 9.84 Å². The fourth-order valence-electron chi connectivity index (χ4n) is 1.43. The van der Waals surface area contributed by atoms with Gasteiger partial charge in [-0.05, 0) is 26.2 Å². The normalized spacial score (nSPS) is 11.8. The average molecular weight is 246 g/mol. The van der Waals surface area contributed by atoms with Gasteiger partial charge in [0.25, 0.3) is 0 Å². The first-order chi connectivity index (χ1) is 8.18. The van der Waals surface area contributed by atoms with Gasteiger partial charge >= 0.3 is 0 Å². The van der Waals surface area contributed by atoms with Crippen LogP contribution >= 0.6 is 0 Å². The molecule has 0 aromatic rings. The molecule has 0 aromatic carbocycles. The Hall–Kier alpha value is -0.0800. The van der Waals surface area contributed by atoms with Crippen LogP contribution in [0.4, 0.5) is 0 Å². The van der Waals surface area contributed by atoms with Crippen LogP contribution in [0.5, 0.6) is 0 Å². The van der Waals surface area contributed by atoms with Crippen LogP contribution in [0.25, 0.3) is 0 Å². The standard InChI is InChI=1S/C10H22O.C5H12O/c1-3-5-7-9-11-10-8-6-4-2;1-3-4-5(2)6/h3-10H2,1-2H3;5-6H,3-4H2,1-2H3. The molecule has 0 saturated carbocycles. The zero-order valence-corrected chi connectivity index (χ0v) is 12.5. The first kappa shape index (κ1) is 19.3. The highest BCUT2D eigenvalue weighted by Gasteiger charge is 1.88. The number of aliphatic hydroxyl groups is 1. The molecule has 2 nitrogen and oxygen atoms in total. The third kappa shape index (κ3) is 25.9. The van der Waals surface area contributed by atoms with Crippen molar-refractivity contribution in [2.75, 3.05) is 13.2 Å². The third-order valence-electron chi connectivity index (χ3n) is 2.49. The molecule has 2 heteroatoms. The lowest BCUT2D eigenvalue weighted by molar-refractivity contribution is 0.126. The van der Waals surface area contributed by atoms with Crippen molar-refractivity contribution in [1.82, 2.24) is 0 Å². The lowest BCUT2D eigenvalue weighted by Gasteiger charge is -2.01. The minimum atomic E-state index is -0.102. The zero-order valence-electron chi connectivity index (χ0n) is 12.5. The van der Waals surface area contributed by atoms with Gasteiger partial charge in [-0.3, -0.25) is 0 Å². The van der Waals surface area contributed by atoms with E-state index in [1.165, 1.54) is 38.5 Å². The molecular weight excluding hydrogens is 212 g/mol. The Labute approximate surface area is 109 Å². The molecule has 17 heavy (non-hydrogen) atoms. The summed E-state index contributed by atoms with van der Waals surface area (Å²) in [5, 5.41) is 8.55. The van der Waals surface area contributed by atoms with E-state index in [0.717, 1.165) is 26.1 Å². The second kappa shape index (κ2) is 18.3. The van der Waals surface area contributed by atoms with Crippen molar-refractivity contribution in [2.24, 2.45) is 0 Å². The van der Waals surface area contributed by atoms with Crippen LogP contribution in [0.3, 0.4) is 0 Å². The molecule has 0 aliphatic rings. The summed E-state index contributed by atoms with van der Waals surface area (Å²) < 4.78 is 5.44. The molecule has 0 radical (unpaired) electrons. The Morgan fingerprint density at radius 3 is 1.53 bits per heavy atom. The Kier molecular flexibility index (Phi) is 20.7. The first-order valence-electron chi connectivity index (χ1n) is 7.44. The van der Waals surface area contributed by atoms with E-state index in [2.05, 4.69) is 20.8 Å². The molecular formula is C15H34O2. The lowest BCUT2D eigenvalue weighted by atomic mass is 10.2. The van der Waals surface area contributed by atoms with E-state index < -0.39 is 0 Å². The van der Waals surface area contributed by atoms with Crippen LogP contribution in [0.2, 0.25) is 0 Å². The van der Waals surface area contributed by atoms with E-state index in [4.69, 9.17) is 9.84 Å². The molecule has 0 fully saturated rings. The Balaban J connectivity index is 0.